The largest absolute Gasteiger partial charge is 0.433 e. The summed E-state index contributed by atoms with van der Waals surface area (Å²) in [7, 11) is 0. The Labute approximate surface area is 144 Å². The second-order valence-electron chi connectivity index (χ2n) is 5.68. The predicted molar refractivity (Wildman–Crippen MR) is 88.7 cm³/mol. The van der Waals surface area contributed by atoms with E-state index in [1.807, 2.05) is 6.07 Å². The monoisotopic (exact) mass is 345 g/mol. The van der Waals surface area contributed by atoms with Crippen molar-refractivity contribution in [3.63, 3.8) is 0 Å². The van der Waals surface area contributed by atoms with Gasteiger partial charge < -0.3 is 15.0 Å². The molecule has 2 aromatic rings. The number of piperidine rings is 1. The highest BCUT2D eigenvalue weighted by atomic mass is 19.3. The van der Waals surface area contributed by atoms with Crippen molar-refractivity contribution in [3.8, 4) is 11.8 Å². The van der Waals surface area contributed by atoms with E-state index in [9.17, 15) is 8.78 Å². The van der Waals surface area contributed by atoms with E-state index in [0.29, 0.717) is 11.4 Å². The first kappa shape index (κ1) is 16.9. The molecule has 0 aliphatic carbocycles. The van der Waals surface area contributed by atoms with Gasteiger partial charge in [-0.05, 0) is 37.1 Å². The molecule has 0 bridgehead atoms. The van der Waals surface area contributed by atoms with Crippen LogP contribution in [-0.2, 0) is 0 Å². The number of anilines is 2. The number of alkyl halides is 2. The Morgan fingerprint density at radius 3 is 2.52 bits per heavy atom. The number of nitrogens with one attached hydrogen (secondary N) is 1. The first-order valence-electron chi connectivity index (χ1n) is 7.92. The molecule has 0 atom stereocenters. The Hall–Kier alpha value is -2.95. The number of rotatable bonds is 5. The molecule has 0 saturated carbocycles. The average Bonchev–Trinajstić information content (AvgIpc) is 2.64. The minimum Gasteiger partial charge on any atom is -0.433 e. The maximum atomic E-state index is 12.1. The second kappa shape index (κ2) is 7.75. The lowest BCUT2D eigenvalue weighted by Crippen LogP contribution is -2.39. The van der Waals surface area contributed by atoms with Gasteiger partial charge in [-0.1, -0.05) is 0 Å². The SMILES string of the molecule is N#Cc1ccc(N2CCC(Nc3ccc(OC(F)F)cn3)CC2)nc1. The van der Waals surface area contributed by atoms with Crippen molar-refractivity contribution in [2.24, 2.45) is 0 Å². The Bertz CT molecular complexity index is 722. The number of hydrogen-bond donors (Lipinski definition) is 1. The molecule has 1 aliphatic heterocycles. The van der Waals surface area contributed by atoms with E-state index < -0.39 is 6.61 Å². The van der Waals surface area contributed by atoms with Crippen LogP contribution in [0.5, 0.6) is 5.75 Å². The zero-order chi connectivity index (χ0) is 17.6. The van der Waals surface area contributed by atoms with E-state index in [2.05, 4.69) is 31.0 Å². The van der Waals surface area contributed by atoms with Gasteiger partial charge in [0, 0.05) is 25.3 Å². The highest BCUT2D eigenvalue weighted by Crippen LogP contribution is 2.21. The molecule has 2 aromatic heterocycles. The topological polar surface area (TPSA) is 74.1 Å². The third kappa shape index (κ3) is 4.53. The van der Waals surface area contributed by atoms with Gasteiger partial charge in [-0.15, -0.1) is 0 Å². The van der Waals surface area contributed by atoms with E-state index in [1.165, 1.54) is 12.3 Å². The van der Waals surface area contributed by atoms with Crippen molar-refractivity contribution in [1.29, 1.82) is 5.26 Å². The number of aromatic nitrogens is 2. The van der Waals surface area contributed by atoms with Gasteiger partial charge in [0.15, 0.2) is 0 Å². The van der Waals surface area contributed by atoms with Crippen molar-refractivity contribution in [3.05, 3.63) is 42.2 Å². The van der Waals surface area contributed by atoms with Crippen LogP contribution in [-0.4, -0.2) is 35.7 Å². The van der Waals surface area contributed by atoms with E-state index >= 15 is 0 Å². The molecule has 1 fully saturated rings. The van der Waals surface area contributed by atoms with Crippen LogP contribution in [0.3, 0.4) is 0 Å². The molecule has 0 unspecified atom stereocenters. The van der Waals surface area contributed by atoms with Crippen molar-refractivity contribution in [2.75, 3.05) is 23.3 Å². The summed E-state index contributed by atoms with van der Waals surface area (Å²) < 4.78 is 28.5. The maximum Gasteiger partial charge on any atom is 0.387 e. The van der Waals surface area contributed by atoms with Crippen LogP contribution < -0.4 is 15.0 Å². The van der Waals surface area contributed by atoms with E-state index in [-0.39, 0.29) is 11.8 Å². The zero-order valence-corrected chi connectivity index (χ0v) is 13.4. The Balaban J connectivity index is 1.51. The third-order valence-electron chi connectivity index (χ3n) is 4.01. The number of hydrogen-bond acceptors (Lipinski definition) is 6. The van der Waals surface area contributed by atoms with Crippen LogP contribution in [0.4, 0.5) is 20.4 Å². The number of nitrogens with zero attached hydrogens (tertiary/aromatic N) is 4. The number of ether oxygens (including phenoxy) is 1. The third-order valence-corrected chi connectivity index (χ3v) is 4.01. The van der Waals surface area contributed by atoms with Crippen LogP contribution in [0.1, 0.15) is 18.4 Å². The van der Waals surface area contributed by atoms with E-state index in [4.69, 9.17) is 5.26 Å². The summed E-state index contributed by atoms with van der Waals surface area (Å²) in [4.78, 5) is 10.6. The molecular weight excluding hydrogens is 328 g/mol. The number of pyridine rings is 2. The van der Waals surface area contributed by atoms with Crippen LogP contribution in [0, 0.1) is 11.3 Å². The first-order chi connectivity index (χ1) is 12.1. The molecule has 0 aromatic carbocycles. The molecular formula is C17H17F2N5O. The zero-order valence-electron chi connectivity index (χ0n) is 13.4. The van der Waals surface area contributed by atoms with Gasteiger partial charge in [0.25, 0.3) is 0 Å². The fourth-order valence-electron chi connectivity index (χ4n) is 2.74. The smallest absolute Gasteiger partial charge is 0.387 e. The molecule has 130 valence electrons. The van der Waals surface area contributed by atoms with Crippen LogP contribution in [0.15, 0.2) is 36.7 Å². The van der Waals surface area contributed by atoms with Gasteiger partial charge in [0.1, 0.15) is 23.5 Å². The molecule has 6 nitrogen and oxygen atoms in total. The van der Waals surface area contributed by atoms with Crippen molar-refractivity contribution in [1.82, 2.24) is 9.97 Å². The van der Waals surface area contributed by atoms with Gasteiger partial charge in [-0.2, -0.15) is 14.0 Å². The fraction of sp³-hybridized carbons (Fsp3) is 0.353. The molecule has 3 rings (SSSR count). The second-order valence-corrected chi connectivity index (χ2v) is 5.68. The summed E-state index contributed by atoms with van der Waals surface area (Å²) in [5.74, 6) is 1.54. The first-order valence-corrected chi connectivity index (χ1v) is 7.92. The molecule has 0 radical (unpaired) electrons. The van der Waals surface area contributed by atoms with Crippen molar-refractivity contribution < 1.29 is 13.5 Å². The lowest BCUT2D eigenvalue weighted by Gasteiger charge is -2.33. The van der Waals surface area contributed by atoms with Gasteiger partial charge >= 0.3 is 6.61 Å². The van der Waals surface area contributed by atoms with Gasteiger partial charge in [0.05, 0.1) is 11.8 Å². The molecule has 0 spiro atoms. The van der Waals surface area contributed by atoms with Gasteiger partial charge in [0.2, 0.25) is 0 Å². The Morgan fingerprint density at radius 2 is 1.96 bits per heavy atom. The van der Waals surface area contributed by atoms with Crippen molar-refractivity contribution in [2.45, 2.75) is 25.5 Å². The van der Waals surface area contributed by atoms with Crippen molar-refractivity contribution >= 4 is 11.6 Å². The molecule has 8 heteroatoms. The summed E-state index contributed by atoms with van der Waals surface area (Å²) in [5.41, 5.74) is 0.547. The van der Waals surface area contributed by atoms with Crippen LogP contribution in [0.2, 0.25) is 0 Å². The molecule has 0 amide bonds. The van der Waals surface area contributed by atoms with Crippen LogP contribution in [0.25, 0.3) is 0 Å². The lowest BCUT2D eigenvalue weighted by atomic mass is 10.0. The average molecular weight is 345 g/mol. The van der Waals surface area contributed by atoms with Gasteiger partial charge in [-0.25, -0.2) is 9.97 Å². The highest BCUT2D eigenvalue weighted by molar-refractivity contribution is 5.43. The maximum absolute atomic E-state index is 12.1. The fourth-order valence-corrected chi connectivity index (χ4v) is 2.74. The summed E-state index contributed by atoms with van der Waals surface area (Å²) in [6.07, 6.45) is 4.66. The molecule has 3 heterocycles. The lowest BCUT2D eigenvalue weighted by molar-refractivity contribution is -0.0500. The highest BCUT2D eigenvalue weighted by Gasteiger charge is 2.20. The Kier molecular flexibility index (Phi) is 5.23. The standard InChI is InChI=1S/C17H17F2N5O/c18-17(19)25-14-2-3-15(21-11-14)23-13-5-7-24(8-6-13)16-4-1-12(9-20)10-22-16/h1-4,10-11,13,17H,5-8H2,(H,21,23). The summed E-state index contributed by atoms with van der Waals surface area (Å²) in [6, 6.07) is 9.03. The molecule has 25 heavy (non-hydrogen) atoms. The minimum absolute atomic E-state index is 0.0438. The van der Waals surface area contributed by atoms with Crippen LogP contribution >= 0.6 is 0 Å². The summed E-state index contributed by atoms with van der Waals surface area (Å²) >= 11 is 0. The summed E-state index contributed by atoms with van der Waals surface area (Å²) in [6.45, 7) is -1.17. The Morgan fingerprint density at radius 1 is 1.16 bits per heavy atom. The number of nitriles is 1. The van der Waals surface area contributed by atoms with Gasteiger partial charge in [-0.3, -0.25) is 0 Å². The quantitative estimate of drug-likeness (QED) is 0.898. The minimum atomic E-state index is -2.85. The molecule has 1 aliphatic rings. The van der Waals surface area contributed by atoms with E-state index in [1.54, 1.807) is 18.3 Å². The predicted octanol–water partition coefficient (Wildman–Crippen LogP) is 3.03. The number of halogens is 2. The molecule has 1 N–H and O–H groups in total. The van der Waals surface area contributed by atoms with E-state index in [0.717, 1.165) is 31.7 Å². The molecule has 1 saturated heterocycles. The summed E-state index contributed by atoms with van der Waals surface area (Å²) in [5, 5.41) is 12.1. The normalized spacial score (nSPS) is 15.0.